The Hall–Kier alpha value is -1.15. The maximum atomic E-state index is 11.6. The van der Waals surface area contributed by atoms with Crippen LogP contribution in [0.15, 0.2) is 24.3 Å². The summed E-state index contributed by atoms with van der Waals surface area (Å²) >= 11 is 5.81. The van der Waals surface area contributed by atoms with Gasteiger partial charge < -0.3 is 0 Å². The van der Waals surface area contributed by atoms with Crippen LogP contribution in [0.3, 0.4) is 0 Å². The highest BCUT2D eigenvalue weighted by molar-refractivity contribution is 6.39. The lowest BCUT2D eigenvalue weighted by Crippen LogP contribution is -2.19. The highest BCUT2D eigenvalue weighted by Gasteiger charge is 2.20. The zero-order chi connectivity index (χ0) is 11.4. The third-order valence-electron chi connectivity index (χ3n) is 2.34. The van der Waals surface area contributed by atoms with Gasteiger partial charge in [-0.25, -0.2) is 0 Å². The minimum Gasteiger partial charge on any atom is -0.291 e. The van der Waals surface area contributed by atoms with E-state index in [4.69, 9.17) is 11.6 Å². The van der Waals surface area contributed by atoms with Crippen molar-refractivity contribution in [3.63, 3.8) is 0 Å². The molecule has 0 saturated heterocycles. The van der Waals surface area contributed by atoms with Crippen LogP contribution in [0.1, 0.15) is 31.7 Å². The van der Waals surface area contributed by atoms with Gasteiger partial charge in [-0.1, -0.05) is 37.6 Å². The molecule has 0 unspecified atom stereocenters. The molecule has 0 heterocycles. The van der Waals surface area contributed by atoms with Crippen LogP contribution < -0.4 is 0 Å². The first-order valence-electron chi connectivity index (χ1n) is 4.88. The Morgan fingerprint density at radius 2 is 2.07 bits per heavy atom. The van der Waals surface area contributed by atoms with Crippen molar-refractivity contribution in [1.29, 1.82) is 0 Å². The van der Waals surface area contributed by atoms with Crippen molar-refractivity contribution < 1.29 is 9.59 Å². The van der Waals surface area contributed by atoms with E-state index >= 15 is 0 Å². The summed E-state index contributed by atoms with van der Waals surface area (Å²) in [5, 5.41) is 0.580. The van der Waals surface area contributed by atoms with Gasteiger partial charge in [-0.15, -0.1) is 0 Å². The van der Waals surface area contributed by atoms with Crippen LogP contribution in [0, 0.1) is 0 Å². The fourth-order valence-electron chi connectivity index (χ4n) is 1.34. The van der Waals surface area contributed by atoms with Crippen molar-refractivity contribution in [3.8, 4) is 0 Å². The third-order valence-corrected chi connectivity index (χ3v) is 2.57. The minimum absolute atomic E-state index is 0.254. The fraction of sp³-hybridized carbons (Fsp3) is 0.333. The van der Waals surface area contributed by atoms with Crippen LogP contribution in [-0.4, -0.2) is 11.6 Å². The fourth-order valence-corrected chi connectivity index (χ4v) is 1.54. The maximum Gasteiger partial charge on any atom is 0.205 e. The van der Waals surface area contributed by atoms with Gasteiger partial charge in [-0.3, -0.25) is 9.59 Å². The second kappa shape index (κ2) is 5.08. The average Bonchev–Trinajstić information content (AvgIpc) is 2.26. The maximum absolute atomic E-state index is 11.6. The molecule has 0 aliphatic rings. The largest absolute Gasteiger partial charge is 0.291 e. The SMILES string of the molecule is CCC(=O)C(=O)[C@@H](C)c1cccc(Cl)c1. The van der Waals surface area contributed by atoms with Crippen LogP contribution in [0.5, 0.6) is 0 Å². The van der Waals surface area contributed by atoms with Crippen LogP contribution in [0.25, 0.3) is 0 Å². The Morgan fingerprint density at radius 1 is 1.40 bits per heavy atom. The lowest BCUT2D eigenvalue weighted by molar-refractivity contribution is -0.137. The van der Waals surface area contributed by atoms with Gasteiger partial charge in [0, 0.05) is 17.4 Å². The molecular weight excluding hydrogens is 212 g/mol. The number of hydrogen-bond donors (Lipinski definition) is 0. The highest BCUT2D eigenvalue weighted by atomic mass is 35.5. The third kappa shape index (κ3) is 2.90. The number of Topliss-reactive ketones (excluding diaryl/α,β-unsaturated/α-hetero) is 2. The van der Waals surface area contributed by atoms with E-state index in [0.29, 0.717) is 5.02 Å². The second-order valence-electron chi connectivity index (χ2n) is 3.42. The molecule has 1 rings (SSSR count). The number of halogens is 1. The molecule has 0 aliphatic heterocycles. The average molecular weight is 225 g/mol. The normalized spacial score (nSPS) is 12.2. The summed E-state index contributed by atoms with van der Waals surface area (Å²) in [5.74, 6) is -1.08. The zero-order valence-corrected chi connectivity index (χ0v) is 9.54. The Kier molecular flexibility index (Phi) is 4.04. The van der Waals surface area contributed by atoms with Crippen molar-refractivity contribution >= 4 is 23.2 Å². The lowest BCUT2D eigenvalue weighted by Gasteiger charge is -2.09. The molecule has 0 aliphatic carbocycles. The summed E-state index contributed by atoms with van der Waals surface area (Å²) in [7, 11) is 0. The summed E-state index contributed by atoms with van der Waals surface area (Å²) in [4.78, 5) is 22.8. The molecule has 0 N–H and O–H groups in total. The summed E-state index contributed by atoms with van der Waals surface area (Å²) in [6.45, 7) is 3.41. The lowest BCUT2D eigenvalue weighted by atomic mass is 9.94. The van der Waals surface area contributed by atoms with Crippen LogP contribution in [-0.2, 0) is 9.59 Å². The van der Waals surface area contributed by atoms with E-state index in [1.54, 1.807) is 38.1 Å². The Bertz CT molecular complexity index is 385. The van der Waals surface area contributed by atoms with Gasteiger partial charge in [0.2, 0.25) is 5.78 Å². The predicted molar refractivity (Wildman–Crippen MR) is 60.2 cm³/mol. The topological polar surface area (TPSA) is 34.1 Å². The minimum atomic E-state index is -0.406. The molecule has 0 fully saturated rings. The number of rotatable bonds is 4. The first-order chi connectivity index (χ1) is 7.06. The smallest absolute Gasteiger partial charge is 0.205 e. The van der Waals surface area contributed by atoms with Crippen molar-refractivity contribution in [2.24, 2.45) is 0 Å². The standard InChI is InChI=1S/C12H13ClO2/c1-3-11(14)12(15)8(2)9-5-4-6-10(13)7-9/h4-8H,3H2,1-2H3/t8-/m0/s1. The number of benzene rings is 1. The molecule has 15 heavy (non-hydrogen) atoms. The van der Waals surface area contributed by atoms with E-state index < -0.39 is 5.92 Å². The first-order valence-corrected chi connectivity index (χ1v) is 5.26. The van der Waals surface area contributed by atoms with Gasteiger partial charge in [0.25, 0.3) is 0 Å². The molecule has 1 aromatic carbocycles. The molecule has 0 radical (unpaired) electrons. The second-order valence-corrected chi connectivity index (χ2v) is 3.85. The number of carbonyl (C=O) groups excluding carboxylic acids is 2. The molecule has 0 amide bonds. The van der Waals surface area contributed by atoms with Crippen molar-refractivity contribution in [1.82, 2.24) is 0 Å². The van der Waals surface area contributed by atoms with Crippen LogP contribution in [0.4, 0.5) is 0 Å². The van der Waals surface area contributed by atoms with E-state index in [1.807, 2.05) is 0 Å². The summed E-state index contributed by atoms with van der Waals surface area (Å²) in [6.07, 6.45) is 0.254. The van der Waals surface area contributed by atoms with E-state index in [2.05, 4.69) is 0 Å². The van der Waals surface area contributed by atoms with Gasteiger partial charge in [-0.2, -0.15) is 0 Å². The molecule has 0 bridgehead atoms. The number of ketones is 2. The van der Waals surface area contributed by atoms with Crippen molar-refractivity contribution in [2.75, 3.05) is 0 Å². The Labute approximate surface area is 94.2 Å². The molecule has 80 valence electrons. The van der Waals surface area contributed by atoms with E-state index in [0.717, 1.165) is 5.56 Å². The van der Waals surface area contributed by atoms with E-state index in [-0.39, 0.29) is 18.0 Å². The summed E-state index contributed by atoms with van der Waals surface area (Å²) in [6, 6.07) is 7.03. The molecule has 1 atom stereocenters. The van der Waals surface area contributed by atoms with E-state index in [9.17, 15) is 9.59 Å². The van der Waals surface area contributed by atoms with Crippen molar-refractivity contribution in [2.45, 2.75) is 26.2 Å². The van der Waals surface area contributed by atoms with Gasteiger partial charge in [0.1, 0.15) is 0 Å². The van der Waals surface area contributed by atoms with Crippen LogP contribution in [0.2, 0.25) is 5.02 Å². The summed E-state index contributed by atoms with van der Waals surface area (Å²) in [5.41, 5.74) is 0.786. The van der Waals surface area contributed by atoms with Gasteiger partial charge in [-0.05, 0) is 17.7 Å². The molecule has 0 spiro atoms. The first kappa shape index (κ1) is 11.9. The molecular formula is C12H13ClO2. The highest BCUT2D eigenvalue weighted by Crippen LogP contribution is 2.20. The predicted octanol–water partition coefficient (Wildman–Crippen LogP) is 2.99. The number of hydrogen-bond acceptors (Lipinski definition) is 2. The summed E-state index contributed by atoms with van der Waals surface area (Å²) < 4.78 is 0. The molecule has 0 aromatic heterocycles. The van der Waals surface area contributed by atoms with Crippen LogP contribution >= 0.6 is 11.6 Å². The molecule has 3 heteroatoms. The quantitative estimate of drug-likeness (QED) is 0.737. The monoisotopic (exact) mass is 224 g/mol. The Morgan fingerprint density at radius 3 is 2.60 bits per heavy atom. The van der Waals surface area contributed by atoms with Gasteiger partial charge >= 0.3 is 0 Å². The van der Waals surface area contributed by atoms with Gasteiger partial charge in [0.05, 0.1) is 0 Å². The zero-order valence-electron chi connectivity index (χ0n) is 8.79. The Balaban J connectivity index is 2.89. The molecule has 2 nitrogen and oxygen atoms in total. The molecule has 0 saturated carbocycles. The van der Waals surface area contributed by atoms with Gasteiger partial charge in [0.15, 0.2) is 5.78 Å². The van der Waals surface area contributed by atoms with Crippen molar-refractivity contribution in [3.05, 3.63) is 34.9 Å². The molecule has 1 aromatic rings. The van der Waals surface area contributed by atoms with E-state index in [1.165, 1.54) is 0 Å². The number of carbonyl (C=O) groups is 2.